The Morgan fingerprint density at radius 2 is 1.82 bits per heavy atom. The fourth-order valence-corrected chi connectivity index (χ4v) is 3.26. The summed E-state index contributed by atoms with van der Waals surface area (Å²) in [5.74, 6) is 0.321. The van der Waals surface area contributed by atoms with Crippen molar-refractivity contribution in [2.24, 2.45) is 0 Å². The lowest BCUT2D eigenvalue weighted by atomic mass is 10.1. The molecule has 3 rings (SSSR count). The quantitative estimate of drug-likeness (QED) is 0.757. The third-order valence-electron chi connectivity index (χ3n) is 3.37. The van der Waals surface area contributed by atoms with Crippen LogP contribution in [0.15, 0.2) is 70.2 Å². The molecule has 22 heavy (non-hydrogen) atoms. The first-order valence-corrected chi connectivity index (χ1v) is 8.24. The van der Waals surface area contributed by atoms with Crippen LogP contribution in [0.25, 0.3) is 10.8 Å². The summed E-state index contributed by atoms with van der Waals surface area (Å²) >= 11 is 0. The average molecular weight is 317 g/mol. The molecule has 0 saturated heterocycles. The second-order valence-electron chi connectivity index (χ2n) is 4.89. The Bertz CT molecular complexity index is 872. The second-order valence-corrected chi connectivity index (χ2v) is 6.66. The molecule has 0 radical (unpaired) electrons. The molecule has 0 fully saturated rings. The Labute approximate surface area is 128 Å². The summed E-state index contributed by atoms with van der Waals surface area (Å²) in [5.41, 5.74) is 0. The van der Waals surface area contributed by atoms with Crippen LogP contribution in [0.5, 0.6) is 0 Å². The molecule has 0 aliphatic carbocycles. The highest BCUT2D eigenvalue weighted by Gasteiger charge is 2.18. The number of rotatable bonds is 5. The smallest absolute Gasteiger partial charge is 0.240 e. The van der Waals surface area contributed by atoms with E-state index in [1.54, 1.807) is 30.3 Å². The first-order valence-electron chi connectivity index (χ1n) is 6.76. The van der Waals surface area contributed by atoms with Crippen LogP contribution in [0.3, 0.4) is 0 Å². The molecule has 3 aromatic rings. The van der Waals surface area contributed by atoms with E-state index in [0.717, 1.165) is 10.8 Å². The van der Waals surface area contributed by atoms with E-state index in [2.05, 4.69) is 4.72 Å². The minimum absolute atomic E-state index is 0.150. The molecule has 1 heterocycles. The van der Waals surface area contributed by atoms with E-state index in [-0.39, 0.29) is 11.4 Å². The predicted molar refractivity (Wildman–Crippen MR) is 82.8 cm³/mol. The van der Waals surface area contributed by atoms with Crippen molar-refractivity contribution in [3.8, 4) is 0 Å². The minimum Gasteiger partial charge on any atom is -0.467 e. The van der Waals surface area contributed by atoms with Gasteiger partial charge in [-0.15, -0.1) is 0 Å². The van der Waals surface area contributed by atoms with Gasteiger partial charge < -0.3 is 9.52 Å². The number of hydrogen-bond acceptors (Lipinski definition) is 4. The number of aliphatic hydroxyl groups excluding tert-OH is 1. The number of aliphatic hydroxyl groups is 1. The van der Waals surface area contributed by atoms with Gasteiger partial charge in [-0.2, -0.15) is 0 Å². The molecule has 5 nitrogen and oxygen atoms in total. The molecular weight excluding hydrogens is 302 g/mol. The summed E-state index contributed by atoms with van der Waals surface area (Å²) in [7, 11) is -3.69. The number of sulfonamides is 1. The zero-order chi connectivity index (χ0) is 15.6. The van der Waals surface area contributed by atoms with Gasteiger partial charge >= 0.3 is 0 Å². The summed E-state index contributed by atoms with van der Waals surface area (Å²) in [6.45, 7) is -0.150. The van der Waals surface area contributed by atoms with Gasteiger partial charge in [-0.3, -0.25) is 0 Å². The summed E-state index contributed by atoms with van der Waals surface area (Å²) in [6, 6.07) is 15.7. The van der Waals surface area contributed by atoms with Crippen LogP contribution < -0.4 is 4.72 Å². The first kappa shape index (κ1) is 14.8. The third kappa shape index (κ3) is 3.04. The van der Waals surface area contributed by atoms with Crippen LogP contribution >= 0.6 is 0 Å². The van der Waals surface area contributed by atoms with E-state index in [0.29, 0.717) is 5.76 Å². The van der Waals surface area contributed by atoms with Crippen LogP contribution in [0, 0.1) is 0 Å². The van der Waals surface area contributed by atoms with Gasteiger partial charge in [0, 0.05) is 6.54 Å². The van der Waals surface area contributed by atoms with Crippen molar-refractivity contribution in [3.05, 3.63) is 66.6 Å². The van der Waals surface area contributed by atoms with E-state index < -0.39 is 16.1 Å². The van der Waals surface area contributed by atoms with E-state index in [1.165, 1.54) is 6.26 Å². The molecule has 1 aromatic heterocycles. The zero-order valence-electron chi connectivity index (χ0n) is 11.6. The topological polar surface area (TPSA) is 79.5 Å². The molecule has 1 unspecified atom stereocenters. The van der Waals surface area contributed by atoms with Crippen molar-refractivity contribution in [1.82, 2.24) is 4.72 Å². The highest BCUT2D eigenvalue weighted by atomic mass is 32.2. The average Bonchev–Trinajstić information content (AvgIpc) is 3.07. The summed E-state index contributed by atoms with van der Waals surface area (Å²) in [5, 5.41) is 11.7. The Kier molecular flexibility index (Phi) is 3.98. The summed E-state index contributed by atoms with van der Waals surface area (Å²) in [6.07, 6.45) is 0.404. The van der Waals surface area contributed by atoms with E-state index in [1.807, 2.05) is 24.3 Å². The molecule has 2 N–H and O–H groups in total. The maximum atomic E-state index is 12.3. The van der Waals surface area contributed by atoms with Crippen molar-refractivity contribution in [3.63, 3.8) is 0 Å². The van der Waals surface area contributed by atoms with Crippen molar-refractivity contribution in [2.45, 2.75) is 11.0 Å². The van der Waals surface area contributed by atoms with E-state index >= 15 is 0 Å². The Morgan fingerprint density at radius 1 is 1.05 bits per heavy atom. The van der Waals surface area contributed by atoms with Crippen molar-refractivity contribution in [1.29, 1.82) is 0 Å². The van der Waals surface area contributed by atoms with Gasteiger partial charge in [-0.05, 0) is 35.0 Å². The van der Waals surface area contributed by atoms with Crippen molar-refractivity contribution in [2.75, 3.05) is 6.54 Å². The molecule has 0 amide bonds. The molecule has 0 aliphatic heterocycles. The molecule has 2 aromatic carbocycles. The number of nitrogens with one attached hydrogen (secondary N) is 1. The Morgan fingerprint density at radius 3 is 2.55 bits per heavy atom. The van der Waals surface area contributed by atoms with E-state index in [4.69, 9.17) is 4.42 Å². The summed E-state index contributed by atoms with van der Waals surface area (Å²) < 4.78 is 32.0. The highest BCUT2D eigenvalue weighted by Crippen LogP contribution is 2.19. The van der Waals surface area contributed by atoms with E-state index in [9.17, 15) is 13.5 Å². The standard InChI is InChI=1S/C16H15NO4S/c18-15(16-6-3-9-21-16)11-17-22(19,20)14-8-7-12-4-1-2-5-13(12)10-14/h1-10,15,17-18H,11H2. The lowest BCUT2D eigenvalue weighted by molar-refractivity contribution is 0.154. The van der Waals surface area contributed by atoms with Gasteiger partial charge in [0.1, 0.15) is 11.9 Å². The highest BCUT2D eigenvalue weighted by molar-refractivity contribution is 7.89. The molecule has 0 bridgehead atoms. The van der Waals surface area contributed by atoms with Gasteiger partial charge in [0.05, 0.1) is 11.2 Å². The fraction of sp³-hybridized carbons (Fsp3) is 0.125. The number of furan rings is 1. The SMILES string of the molecule is O=S(=O)(NCC(O)c1ccco1)c1ccc2ccccc2c1. The lowest BCUT2D eigenvalue weighted by Gasteiger charge is -2.11. The van der Waals surface area contributed by atoms with Gasteiger partial charge in [-0.1, -0.05) is 30.3 Å². The zero-order valence-corrected chi connectivity index (χ0v) is 12.5. The third-order valence-corrected chi connectivity index (χ3v) is 4.79. The summed E-state index contributed by atoms with van der Waals surface area (Å²) in [4.78, 5) is 0.165. The maximum absolute atomic E-state index is 12.3. The van der Waals surface area contributed by atoms with Crippen LogP contribution in [-0.2, 0) is 10.0 Å². The number of fused-ring (bicyclic) bond motifs is 1. The first-order chi connectivity index (χ1) is 10.6. The lowest BCUT2D eigenvalue weighted by Crippen LogP contribution is -2.28. The monoisotopic (exact) mass is 317 g/mol. The maximum Gasteiger partial charge on any atom is 0.240 e. The number of benzene rings is 2. The number of hydrogen-bond donors (Lipinski definition) is 2. The predicted octanol–water partition coefficient (Wildman–Crippen LogP) is 2.44. The molecule has 0 spiro atoms. The molecular formula is C16H15NO4S. The van der Waals surface area contributed by atoms with Crippen LogP contribution in [0.1, 0.15) is 11.9 Å². The van der Waals surface area contributed by atoms with Gasteiger partial charge in [0.25, 0.3) is 0 Å². The van der Waals surface area contributed by atoms with Crippen LogP contribution in [-0.4, -0.2) is 20.1 Å². The molecule has 1 atom stereocenters. The fourth-order valence-electron chi connectivity index (χ4n) is 2.19. The van der Waals surface area contributed by atoms with Gasteiger partial charge in [-0.25, -0.2) is 13.1 Å². The Balaban J connectivity index is 1.79. The van der Waals surface area contributed by atoms with Crippen molar-refractivity contribution < 1.29 is 17.9 Å². The Hall–Kier alpha value is -2.15. The van der Waals surface area contributed by atoms with Crippen LogP contribution in [0.2, 0.25) is 0 Å². The normalized spacial score (nSPS) is 13.3. The molecule has 6 heteroatoms. The van der Waals surface area contributed by atoms with Gasteiger partial charge in [0.2, 0.25) is 10.0 Å². The second kappa shape index (κ2) is 5.92. The van der Waals surface area contributed by atoms with Gasteiger partial charge in [0.15, 0.2) is 0 Å². The van der Waals surface area contributed by atoms with Crippen LogP contribution in [0.4, 0.5) is 0 Å². The largest absolute Gasteiger partial charge is 0.467 e. The van der Waals surface area contributed by atoms with Crippen molar-refractivity contribution >= 4 is 20.8 Å². The molecule has 114 valence electrons. The molecule has 0 aliphatic rings. The molecule has 0 saturated carbocycles. The minimum atomic E-state index is -3.69.